The lowest BCUT2D eigenvalue weighted by atomic mass is 9.85. The van der Waals surface area contributed by atoms with Crippen LogP contribution in [0.2, 0.25) is 0 Å². The highest BCUT2D eigenvalue weighted by atomic mass is 16.5. The van der Waals surface area contributed by atoms with Gasteiger partial charge >= 0.3 is 11.9 Å². The molecule has 1 unspecified atom stereocenters. The van der Waals surface area contributed by atoms with Crippen molar-refractivity contribution < 1.29 is 39.9 Å². The number of hydrogen-bond donors (Lipinski definition) is 6. The van der Waals surface area contributed by atoms with Crippen molar-refractivity contribution in [2.75, 3.05) is 26.9 Å². The lowest BCUT2D eigenvalue weighted by Crippen LogP contribution is -2.44. The molecule has 1 aliphatic carbocycles. The smallest absolute Gasteiger partial charge is 0.330 e. The first-order valence-electron chi connectivity index (χ1n) is 6.73. The van der Waals surface area contributed by atoms with Crippen molar-refractivity contribution in [1.29, 1.82) is 0 Å². The minimum absolute atomic E-state index is 0.0182. The molecule has 0 bridgehead atoms. The van der Waals surface area contributed by atoms with Crippen LogP contribution in [0.5, 0.6) is 0 Å². The molecule has 0 saturated carbocycles. The van der Waals surface area contributed by atoms with E-state index < -0.39 is 43.3 Å². The topological polar surface area (TPSA) is 169 Å². The Hall–Kier alpha value is -2.17. The van der Waals surface area contributed by atoms with Crippen LogP contribution >= 0.6 is 0 Å². The molecule has 0 aromatic heterocycles. The van der Waals surface area contributed by atoms with Crippen molar-refractivity contribution in [3.8, 4) is 0 Å². The zero-order chi connectivity index (χ0) is 17.6. The number of aliphatic imine (C=N–C) groups is 1. The van der Waals surface area contributed by atoms with Crippen LogP contribution in [0, 0.1) is 0 Å². The van der Waals surface area contributed by atoms with Gasteiger partial charge in [0.05, 0.1) is 37.3 Å². The van der Waals surface area contributed by atoms with E-state index in [1.54, 1.807) is 0 Å². The van der Waals surface area contributed by atoms with Crippen LogP contribution in [0.3, 0.4) is 0 Å². The number of ether oxygens (including phenoxy) is 1. The SMILES string of the molecule is COC1=C(NCC(=O)O)CC(O)(CO)CC1=N[C@@H](CO)C(=O)O. The second kappa shape index (κ2) is 7.90. The molecule has 0 heterocycles. The van der Waals surface area contributed by atoms with Gasteiger partial charge in [-0.25, -0.2) is 4.79 Å². The van der Waals surface area contributed by atoms with Crippen molar-refractivity contribution in [2.24, 2.45) is 4.99 Å². The van der Waals surface area contributed by atoms with Gasteiger partial charge in [-0.15, -0.1) is 0 Å². The summed E-state index contributed by atoms with van der Waals surface area (Å²) in [5.74, 6) is -2.43. The second-order valence-electron chi connectivity index (χ2n) is 5.11. The van der Waals surface area contributed by atoms with Crippen LogP contribution < -0.4 is 5.32 Å². The Bertz CT molecular complexity index is 530. The first-order chi connectivity index (χ1) is 10.8. The summed E-state index contributed by atoms with van der Waals surface area (Å²) in [5.41, 5.74) is -1.44. The summed E-state index contributed by atoms with van der Waals surface area (Å²) in [6.07, 6.45) is -0.315. The predicted molar refractivity (Wildman–Crippen MR) is 76.9 cm³/mol. The van der Waals surface area contributed by atoms with Crippen LogP contribution in [-0.4, -0.2) is 81.7 Å². The van der Waals surface area contributed by atoms with Crippen LogP contribution in [0.4, 0.5) is 0 Å². The van der Waals surface area contributed by atoms with Crippen molar-refractivity contribution in [3.05, 3.63) is 11.5 Å². The van der Waals surface area contributed by atoms with Gasteiger partial charge in [-0.05, 0) is 0 Å². The zero-order valence-corrected chi connectivity index (χ0v) is 12.5. The number of allylic oxidation sites excluding steroid dienone is 1. The van der Waals surface area contributed by atoms with E-state index in [0.717, 1.165) is 0 Å². The molecule has 0 amide bonds. The number of carboxylic acid groups (broad SMARTS) is 2. The van der Waals surface area contributed by atoms with Crippen molar-refractivity contribution in [2.45, 2.75) is 24.5 Å². The average Bonchev–Trinajstić information content (AvgIpc) is 2.49. The molecule has 2 atom stereocenters. The van der Waals surface area contributed by atoms with E-state index in [4.69, 9.17) is 20.1 Å². The van der Waals surface area contributed by atoms with Crippen molar-refractivity contribution in [1.82, 2.24) is 5.32 Å². The summed E-state index contributed by atoms with van der Waals surface area (Å²) < 4.78 is 5.14. The fraction of sp³-hybridized carbons (Fsp3) is 0.615. The third-order valence-corrected chi connectivity index (χ3v) is 3.26. The molecule has 10 heteroatoms. The standard InChI is InChI=1S/C13H20N2O8/c1-23-11-7(14-4-10(18)19)2-13(22,6-17)3-8(11)15-9(5-16)12(20)21/h9,14,16-17,22H,2-6H2,1H3,(H,18,19)(H,20,21)/t9-,13?/m0/s1. The van der Waals surface area contributed by atoms with Gasteiger partial charge in [0.15, 0.2) is 11.8 Å². The molecular formula is C13H20N2O8. The summed E-state index contributed by atoms with van der Waals surface area (Å²) in [6, 6.07) is -1.46. The Morgan fingerprint density at radius 1 is 1.35 bits per heavy atom. The minimum Gasteiger partial charge on any atom is -0.493 e. The van der Waals surface area contributed by atoms with E-state index in [1.165, 1.54) is 7.11 Å². The van der Waals surface area contributed by atoms with Crippen LogP contribution in [0.1, 0.15) is 12.8 Å². The highest BCUT2D eigenvalue weighted by Gasteiger charge is 2.38. The number of carbonyl (C=O) groups is 2. The predicted octanol–water partition coefficient (Wildman–Crippen LogP) is -2.08. The average molecular weight is 332 g/mol. The Labute approximate surface area is 131 Å². The van der Waals surface area contributed by atoms with E-state index >= 15 is 0 Å². The normalized spacial score (nSPS) is 24.4. The summed E-state index contributed by atoms with van der Waals surface area (Å²) in [5, 5.41) is 49.0. The molecule has 0 saturated heterocycles. The number of rotatable bonds is 8. The highest BCUT2D eigenvalue weighted by molar-refractivity contribution is 6.01. The van der Waals surface area contributed by atoms with Crippen LogP contribution in [0.25, 0.3) is 0 Å². The number of aliphatic hydroxyl groups excluding tert-OH is 2. The fourth-order valence-corrected chi connectivity index (χ4v) is 2.18. The number of carboxylic acids is 2. The molecule has 0 aromatic rings. The first-order valence-corrected chi connectivity index (χ1v) is 6.73. The molecule has 1 aliphatic rings. The zero-order valence-electron chi connectivity index (χ0n) is 12.5. The van der Waals surface area contributed by atoms with Gasteiger partial charge in [-0.2, -0.15) is 0 Å². The van der Waals surface area contributed by atoms with E-state index in [2.05, 4.69) is 10.3 Å². The van der Waals surface area contributed by atoms with Gasteiger partial charge < -0.3 is 35.6 Å². The molecule has 0 spiro atoms. The molecule has 0 aliphatic heterocycles. The maximum Gasteiger partial charge on any atom is 0.330 e. The van der Waals surface area contributed by atoms with Crippen molar-refractivity contribution >= 4 is 17.7 Å². The minimum atomic E-state index is -1.64. The summed E-state index contributed by atoms with van der Waals surface area (Å²) in [4.78, 5) is 25.5. The molecule has 1 rings (SSSR count). The highest BCUT2D eigenvalue weighted by Crippen LogP contribution is 2.30. The second-order valence-corrected chi connectivity index (χ2v) is 5.11. The van der Waals surface area contributed by atoms with Crippen LogP contribution in [0.15, 0.2) is 16.4 Å². The van der Waals surface area contributed by atoms with Gasteiger partial charge in [-0.3, -0.25) is 9.79 Å². The number of nitrogens with one attached hydrogen (secondary N) is 1. The van der Waals surface area contributed by atoms with Gasteiger partial charge in [0.1, 0.15) is 6.54 Å². The third kappa shape index (κ3) is 4.91. The fourth-order valence-electron chi connectivity index (χ4n) is 2.18. The van der Waals surface area contributed by atoms with Gasteiger partial charge in [0, 0.05) is 12.8 Å². The lowest BCUT2D eigenvalue weighted by Gasteiger charge is -2.34. The maximum absolute atomic E-state index is 11.0. The van der Waals surface area contributed by atoms with Crippen molar-refractivity contribution in [3.63, 3.8) is 0 Å². The largest absolute Gasteiger partial charge is 0.493 e. The molecule has 0 radical (unpaired) electrons. The van der Waals surface area contributed by atoms with Crippen LogP contribution in [-0.2, 0) is 14.3 Å². The molecular weight excluding hydrogens is 312 g/mol. The van der Waals surface area contributed by atoms with E-state index in [-0.39, 0.29) is 30.0 Å². The van der Waals surface area contributed by atoms with Gasteiger partial charge in [0.25, 0.3) is 0 Å². The summed E-state index contributed by atoms with van der Waals surface area (Å²) in [6.45, 7) is -1.86. The molecule has 0 fully saturated rings. The Morgan fingerprint density at radius 3 is 2.43 bits per heavy atom. The Morgan fingerprint density at radius 2 is 2.00 bits per heavy atom. The monoisotopic (exact) mass is 332 g/mol. The number of aliphatic carboxylic acids is 2. The third-order valence-electron chi connectivity index (χ3n) is 3.26. The quantitative estimate of drug-likeness (QED) is 0.292. The molecule has 0 aromatic carbocycles. The number of aliphatic hydroxyl groups is 3. The summed E-state index contributed by atoms with van der Waals surface area (Å²) in [7, 11) is 1.28. The number of methoxy groups -OCH3 is 1. The molecule has 23 heavy (non-hydrogen) atoms. The van der Waals surface area contributed by atoms with E-state index in [0.29, 0.717) is 0 Å². The lowest BCUT2D eigenvalue weighted by molar-refractivity contribution is -0.139. The molecule has 130 valence electrons. The van der Waals surface area contributed by atoms with Gasteiger partial charge in [-0.1, -0.05) is 0 Å². The maximum atomic E-state index is 11.0. The van der Waals surface area contributed by atoms with Gasteiger partial charge in [0.2, 0.25) is 0 Å². The molecule has 6 N–H and O–H groups in total. The summed E-state index contributed by atoms with van der Waals surface area (Å²) >= 11 is 0. The number of hydrogen-bond acceptors (Lipinski definition) is 8. The van der Waals surface area contributed by atoms with E-state index in [1.807, 2.05) is 0 Å². The Balaban J connectivity index is 3.27. The molecule has 10 nitrogen and oxygen atoms in total. The van der Waals surface area contributed by atoms with E-state index in [9.17, 15) is 19.8 Å². The Kier molecular flexibility index (Phi) is 6.49. The first kappa shape index (κ1) is 18.9. The number of nitrogens with zero attached hydrogens (tertiary/aromatic N) is 1.